The van der Waals surface area contributed by atoms with Crippen LogP contribution in [0.5, 0.6) is 5.75 Å². The van der Waals surface area contributed by atoms with Gasteiger partial charge in [0.05, 0.1) is 26.0 Å². The van der Waals surface area contributed by atoms with E-state index in [4.69, 9.17) is 14.2 Å². The van der Waals surface area contributed by atoms with Crippen molar-refractivity contribution in [1.82, 2.24) is 0 Å². The van der Waals surface area contributed by atoms with Crippen LogP contribution in [0.25, 0.3) is 0 Å². The molecular weight excluding hydrogens is 249 g/mol. The molecule has 0 amide bonds. The van der Waals surface area contributed by atoms with Crippen LogP contribution in [-0.2, 0) is 9.47 Å². The first-order valence-corrected chi connectivity index (χ1v) is 6.59. The van der Waals surface area contributed by atoms with Crippen molar-refractivity contribution in [2.75, 3.05) is 38.3 Å². The van der Waals surface area contributed by atoms with Gasteiger partial charge in [0.25, 0.3) is 0 Å². The summed E-state index contributed by atoms with van der Waals surface area (Å²) in [7, 11) is 1.54. The van der Waals surface area contributed by atoms with Crippen molar-refractivity contribution in [2.45, 2.75) is 18.6 Å². The second-order valence-corrected chi connectivity index (χ2v) is 4.91. The van der Waals surface area contributed by atoms with Gasteiger partial charge in [-0.1, -0.05) is 0 Å². The molecule has 0 atom stereocenters. The van der Waals surface area contributed by atoms with E-state index in [1.807, 2.05) is 4.90 Å². The van der Waals surface area contributed by atoms with Crippen molar-refractivity contribution < 1.29 is 18.6 Å². The molecule has 104 valence electrons. The van der Waals surface area contributed by atoms with Crippen LogP contribution >= 0.6 is 0 Å². The molecule has 0 radical (unpaired) electrons. The Morgan fingerprint density at radius 2 is 1.89 bits per heavy atom. The maximum absolute atomic E-state index is 14.0. The standard InChI is InChI=1S/C14H18FNO3/c1-17-11-2-3-13(12(15)10-11)16-6-4-14(5-7-16)18-8-9-19-14/h2-3,10H,4-9H2,1H3. The number of ether oxygens (including phenoxy) is 3. The van der Waals surface area contributed by atoms with E-state index < -0.39 is 5.79 Å². The SMILES string of the molecule is COc1ccc(N2CCC3(CC2)OCCO3)c(F)c1. The molecule has 0 aromatic heterocycles. The lowest BCUT2D eigenvalue weighted by Gasteiger charge is -2.38. The quantitative estimate of drug-likeness (QED) is 0.822. The van der Waals surface area contributed by atoms with E-state index in [-0.39, 0.29) is 5.82 Å². The van der Waals surface area contributed by atoms with Crippen molar-refractivity contribution in [3.05, 3.63) is 24.0 Å². The number of benzene rings is 1. The Hall–Kier alpha value is -1.33. The van der Waals surface area contributed by atoms with Crippen LogP contribution in [-0.4, -0.2) is 39.2 Å². The fraction of sp³-hybridized carbons (Fsp3) is 0.571. The number of methoxy groups -OCH3 is 1. The first-order chi connectivity index (χ1) is 9.22. The third kappa shape index (κ3) is 2.40. The first-order valence-electron chi connectivity index (χ1n) is 6.59. The molecule has 2 heterocycles. The summed E-state index contributed by atoms with van der Waals surface area (Å²) in [6.45, 7) is 2.81. The van der Waals surface area contributed by atoms with Gasteiger partial charge in [-0.2, -0.15) is 0 Å². The maximum Gasteiger partial charge on any atom is 0.171 e. The van der Waals surface area contributed by atoms with Crippen molar-refractivity contribution in [3.8, 4) is 5.75 Å². The summed E-state index contributed by atoms with van der Waals surface area (Å²) in [4.78, 5) is 2.03. The number of rotatable bonds is 2. The van der Waals surface area contributed by atoms with Gasteiger partial charge in [0.1, 0.15) is 11.6 Å². The number of piperidine rings is 1. The zero-order valence-electron chi connectivity index (χ0n) is 11.0. The van der Waals surface area contributed by atoms with Gasteiger partial charge in [-0.15, -0.1) is 0 Å². The Balaban J connectivity index is 1.71. The molecule has 0 saturated carbocycles. The van der Waals surface area contributed by atoms with Crippen LogP contribution in [0, 0.1) is 5.82 Å². The molecule has 0 unspecified atom stereocenters. The largest absolute Gasteiger partial charge is 0.497 e. The van der Waals surface area contributed by atoms with E-state index >= 15 is 0 Å². The van der Waals surface area contributed by atoms with Crippen molar-refractivity contribution >= 4 is 5.69 Å². The van der Waals surface area contributed by atoms with Gasteiger partial charge in [0.15, 0.2) is 5.79 Å². The second-order valence-electron chi connectivity index (χ2n) is 4.91. The number of anilines is 1. The fourth-order valence-electron chi connectivity index (χ4n) is 2.75. The molecule has 2 fully saturated rings. The lowest BCUT2D eigenvalue weighted by molar-refractivity contribution is -0.169. The second kappa shape index (κ2) is 4.98. The highest BCUT2D eigenvalue weighted by Crippen LogP contribution is 2.34. The summed E-state index contributed by atoms with van der Waals surface area (Å²) in [5, 5.41) is 0. The van der Waals surface area contributed by atoms with E-state index in [1.54, 1.807) is 12.1 Å². The van der Waals surface area contributed by atoms with Gasteiger partial charge in [-0.3, -0.25) is 0 Å². The van der Waals surface area contributed by atoms with Gasteiger partial charge in [0, 0.05) is 32.0 Å². The lowest BCUT2D eigenvalue weighted by atomic mass is 10.0. The zero-order valence-corrected chi connectivity index (χ0v) is 11.0. The van der Waals surface area contributed by atoms with E-state index in [0.717, 1.165) is 25.9 Å². The Morgan fingerprint density at radius 3 is 2.47 bits per heavy atom. The summed E-state index contributed by atoms with van der Waals surface area (Å²) in [5.41, 5.74) is 0.619. The molecule has 5 heteroatoms. The Labute approximate surface area is 112 Å². The molecule has 0 aliphatic carbocycles. The van der Waals surface area contributed by atoms with Crippen molar-refractivity contribution in [1.29, 1.82) is 0 Å². The molecular formula is C14H18FNO3. The third-order valence-electron chi connectivity index (χ3n) is 3.83. The topological polar surface area (TPSA) is 30.9 Å². The number of halogens is 1. The Kier molecular flexibility index (Phi) is 3.33. The highest BCUT2D eigenvalue weighted by molar-refractivity contribution is 5.51. The molecule has 2 aliphatic heterocycles. The fourth-order valence-corrected chi connectivity index (χ4v) is 2.75. The minimum absolute atomic E-state index is 0.247. The van der Waals surface area contributed by atoms with E-state index in [0.29, 0.717) is 24.7 Å². The average Bonchev–Trinajstić information content (AvgIpc) is 2.88. The van der Waals surface area contributed by atoms with E-state index in [2.05, 4.69) is 0 Å². The van der Waals surface area contributed by atoms with Gasteiger partial charge >= 0.3 is 0 Å². The summed E-state index contributed by atoms with van der Waals surface area (Å²) in [5.74, 6) is -0.125. The molecule has 19 heavy (non-hydrogen) atoms. The average molecular weight is 267 g/mol. The summed E-state index contributed by atoms with van der Waals surface area (Å²) in [6, 6.07) is 4.97. The normalized spacial score (nSPS) is 21.9. The summed E-state index contributed by atoms with van der Waals surface area (Å²) < 4.78 is 30.4. The molecule has 1 spiro atoms. The monoisotopic (exact) mass is 267 g/mol. The van der Waals surface area contributed by atoms with E-state index in [1.165, 1.54) is 13.2 Å². The van der Waals surface area contributed by atoms with Crippen LogP contribution in [0.2, 0.25) is 0 Å². The molecule has 2 saturated heterocycles. The van der Waals surface area contributed by atoms with Gasteiger partial charge < -0.3 is 19.1 Å². The Bertz CT molecular complexity index is 450. The molecule has 1 aromatic carbocycles. The number of nitrogens with zero attached hydrogens (tertiary/aromatic N) is 1. The maximum atomic E-state index is 14.0. The van der Waals surface area contributed by atoms with Gasteiger partial charge in [-0.05, 0) is 12.1 Å². The molecule has 1 aromatic rings. The predicted molar refractivity (Wildman–Crippen MR) is 69.0 cm³/mol. The molecule has 4 nitrogen and oxygen atoms in total. The van der Waals surface area contributed by atoms with Gasteiger partial charge in [0.2, 0.25) is 0 Å². The molecule has 0 N–H and O–H groups in total. The van der Waals surface area contributed by atoms with Crippen LogP contribution < -0.4 is 9.64 Å². The summed E-state index contributed by atoms with van der Waals surface area (Å²) >= 11 is 0. The van der Waals surface area contributed by atoms with Crippen molar-refractivity contribution in [2.24, 2.45) is 0 Å². The highest BCUT2D eigenvalue weighted by Gasteiger charge is 2.40. The molecule has 0 bridgehead atoms. The lowest BCUT2D eigenvalue weighted by Crippen LogP contribution is -2.45. The highest BCUT2D eigenvalue weighted by atomic mass is 19.1. The smallest absolute Gasteiger partial charge is 0.171 e. The number of hydrogen-bond donors (Lipinski definition) is 0. The number of hydrogen-bond acceptors (Lipinski definition) is 4. The van der Waals surface area contributed by atoms with Crippen molar-refractivity contribution in [3.63, 3.8) is 0 Å². The Morgan fingerprint density at radius 1 is 1.21 bits per heavy atom. The molecule has 3 rings (SSSR count). The van der Waals surface area contributed by atoms with Crippen LogP contribution in [0.4, 0.5) is 10.1 Å². The van der Waals surface area contributed by atoms with Gasteiger partial charge in [-0.25, -0.2) is 4.39 Å². The van der Waals surface area contributed by atoms with Crippen LogP contribution in [0.15, 0.2) is 18.2 Å². The zero-order chi connectivity index (χ0) is 13.3. The van der Waals surface area contributed by atoms with Crippen LogP contribution in [0.3, 0.4) is 0 Å². The van der Waals surface area contributed by atoms with E-state index in [9.17, 15) is 4.39 Å². The minimum Gasteiger partial charge on any atom is -0.497 e. The van der Waals surface area contributed by atoms with Crippen LogP contribution in [0.1, 0.15) is 12.8 Å². The third-order valence-corrected chi connectivity index (χ3v) is 3.83. The first kappa shape index (κ1) is 12.7. The predicted octanol–water partition coefficient (Wildman–Crippen LogP) is 2.18. The molecule has 2 aliphatic rings. The summed E-state index contributed by atoms with van der Waals surface area (Å²) in [6.07, 6.45) is 1.55. The minimum atomic E-state index is -0.417.